The first-order chi connectivity index (χ1) is 13.0. The average Bonchev–Trinajstić information content (AvgIpc) is 3.07. The molecule has 0 aliphatic rings. The SMILES string of the molecule is COc1ccc([C@H](NC(=O)NCc2cc3ccccc3o2)C(F)F)cc1F. The van der Waals surface area contributed by atoms with Gasteiger partial charge in [-0.1, -0.05) is 24.3 Å². The predicted molar refractivity (Wildman–Crippen MR) is 93.3 cm³/mol. The van der Waals surface area contributed by atoms with Crippen molar-refractivity contribution in [1.82, 2.24) is 10.6 Å². The lowest BCUT2D eigenvalue weighted by Gasteiger charge is -2.19. The van der Waals surface area contributed by atoms with Gasteiger partial charge in [-0.05, 0) is 29.8 Å². The maximum Gasteiger partial charge on any atom is 0.315 e. The molecule has 0 saturated carbocycles. The molecule has 0 spiro atoms. The number of nitrogens with one attached hydrogen (secondary N) is 2. The molecule has 8 heteroatoms. The fraction of sp³-hybridized carbons (Fsp3) is 0.211. The molecular weight excluding hydrogens is 361 g/mol. The van der Waals surface area contributed by atoms with Crippen LogP contribution in [0, 0.1) is 5.82 Å². The molecule has 0 aliphatic carbocycles. The molecule has 0 unspecified atom stereocenters. The summed E-state index contributed by atoms with van der Waals surface area (Å²) in [4.78, 5) is 12.0. The Morgan fingerprint density at radius 1 is 1.19 bits per heavy atom. The second kappa shape index (κ2) is 8.03. The van der Waals surface area contributed by atoms with Gasteiger partial charge in [0, 0.05) is 5.39 Å². The zero-order valence-electron chi connectivity index (χ0n) is 14.3. The maximum absolute atomic E-state index is 13.8. The third kappa shape index (κ3) is 4.33. The fourth-order valence-electron chi connectivity index (χ4n) is 2.65. The quantitative estimate of drug-likeness (QED) is 0.669. The highest BCUT2D eigenvalue weighted by Crippen LogP contribution is 2.25. The molecule has 1 atom stereocenters. The van der Waals surface area contributed by atoms with Gasteiger partial charge in [-0.25, -0.2) is 18.0 Å². The normalized spacial score (nSPS) is 12.2. The Balaban J connectivity index is 1.65. The van der Waals surface area contributed by atoms with Crippen LogP contribution in [0.25, 0.3) is 11.0 Å². The molecule has 1 aromatic heterocycles. The lowest BCUT2D eigenvalue weighted by molar-refractivity contribution is 0.101. The van der Waals surface area contributed by atoms with Crippen molar-refractivity contribution in [3.05, 3.63) is 65.7 Å². The van der Waals surface area contributed by atoms with Crippen LogP contribution in [0.5, 0.6) is 5.75 Å². The van der Waals surface area contributed by atoms with Gasteiger partial charge >= 0.3 is 6.03 Å². The molecule has 27 heavy (non-hydrogen) atoms. The zero-order valence-corrected chi connectivity index (χ0v) is 14.3. The van der Waals surface area contributed by atoms with Crippen LogP contribution in [0.1, 0.15) is 17.4 Å². The maximum atomic E-state index is 13.8. The minimum absolute atomic E-state index is 0.0213. The van der Waals surface area contributed by atoms with Crippen LogP contribution < -0.4 is 15.4 Å². The van der Waals surface area contributed by atoms with Gasteiger partial charge in [-0.2, -0.15) is 0 Å². The summed E-state index contributed by atoms with van der Waals surface area (Å²) in [5, 5.41) is 5.48. The van der Waals surface area contributed by atoms with Crippen molar-refractivity contribution in [2.45, 2.75) is 19.0 Å². The number of hydrogen-bond donors (Lipinski definition) is 2. The Labute approximate surface area is 153 Å². The number of para-hydroxylation sites is 1. The van der Waals surface area contributed by atoms with Gasteiger partial charge in [-0.15, -0.1) is 0 Å². The lowest BCUT2D eigenvalue weighted by Crippen LogP contribution is -2.40. The number of methoxy groups -OCH3 is 1. The summed E-state index contributed by atoms with van der Waals surface area (Å²) in [7, 11) is 1.27. The summed E-state index contributed by atoms with van der Waals surface area (Å²) >= 11 is 0. The number of urea groups is 1. The monoisotopic (exact) mass is 378 g/mol. The summed E-state index contributed by atoms with van der Waals surface area (Å²) < 4.78 is 50.8. The van der Waals surface area contributed by atoms with Crippen molar-refractivity contribution in [1.29, 1.82) is 0 Å². The topological polar surface area (TPSA) is 63.5 Å². The number of carbonyl (C=O) groups is 1. The number of amides is 2. The first-order valence-electron chi connectivity index (χ1n) is 8.11. The third-order valence-corrected chi connectivity index (χ3v) is 3.97. The number of alkyl halides is 2. The summed E-state index contributed by atoms with van der Waals surface area (Å²) in [6, 6.07) is 9.98. The van der Waals surface area contributed by atoms with E-state index in [9.17, 15) is 18.0 Å². The van der Waals surface area contributed by atoms with E-state index in [0.717, 1.165) is 11.5 Å². The highest BCUT2D eigenvalue weighted by atomic mass is 19.3. The molecule has 0 aliphatic heterocycles. The van der Waals surface area contributed by atoms with E-state index in [0.29, 0.717) is 11.3 Å². The van der Waals surface area contributed by atoms with Crippen molar-refractivity contribution >= 4 is 17.0 Å². The van der Waals surface area contributed by atoms with Gasteiger partial charge in [0.1, 0.15) is 17.4 Å². The van der Waals surface area contributed by atoms with Crippen LogP contribution in [0.2, 0.25) is 0 Å². The molecule has 0 fully saturated rings. The number of fused-ring (bicyclic) bond motifs is 1. The fourth-order valence-corrected chi connectivity index (χ4v) is 2.65. The van der Waals surface area contributed by atoms with E-state index in [-0.39, 0.29) is 17.9 Å². The number of halogens is 3. The van der Waals surface area contributed by atoms with Crippen molar-refractivity contribution in [3.63, 3.8) is 0 Å². The van der Waals surface area contributed by atoms with Gasteiger partial charge in [0.05, 0.1) is 13.7 Å². The summed E-state index contributed by atoms with van der Waals surface area (Å²) in [5.41, 5.74) is 0.594. The number of ether oxygens (including phenoxy) is 1. The molecule has 0 saturated heterocycles. The number of furan rings is 1. The van der Waals surface area contributed by atoms with Gasteiger partial charge in [-0.3, -0.25) is 0 Å². The minimum atomic E-state index is -2.92. The van der Waals surface area contributed by atoms with E-state index in [4.69, 9.17) is 9.15 Å². The Morgan fingerprint density at radius 2 is 1.96 bits per heavy atom. The van der Waals surface area contributed by atoms with Gasteiger partial charge in [0.2, 0.25) is 0 Å². The molecule has 2 aromatic carbocycles. The first kappa shape index (κ1) is 18.6. The predicted octanol–water partition coefficient (Wildman–Crippen LogP) is 4.39. The molecule has 3 aromatic rings. The number of rotatable bonds is 6. The second-order valence-corrected chi connectivity index (χ2v) is 5.78. The van der Waals surface area contributed by atoms with Crippen LogP contribution >= 0.6 is 0 Å². The summed E-state index contributed by atoms with van der Waals surface area (Å²) in [6.07, 6.45) is -2.92. The molecule has 1 heterocycles. The Bertz CT molecular complexity index is 910. The second-order valence-electron chi connectivity index (χ2n) is 5.78. The minimum Gasteiger partial charge on any atom is -0.494 e. The standard InChI is InChI=1S/C19H17F3N2O3/c1-26-16-7-6-12(9-14(16)20)17(18(21)22)24-19(25)23-10-13-8-11-4-2-3-5-15(11)27-13/h2-9,17-18H,10H2,1H3,(H2,23,24,25)/t17-/m0/s1. The van der Waals surface area contributed by atoms with E-state index >= 15 is 0 Å². The largest absolute Gasteiger partial charge is 0.494 e. The zero-order chi connectivity index (χ0) is 19.4. The van der Waals surface area contributed by atoms with Crippen molar-refractivity contribution in [2.75, 3.05) is 7.11 Å². The Morgan fingerprint density at radius 3 is 2.63 bits per heavy atom. The number of hydrogen-bond acceptors (Lipinski definition) is 3. The molecule has 2 amide bonds. The van der Waals surface area contributed by atoms with E-state index in [1.807, 2.05) is 18.2 Å². The van der Waals surface area contributed by atoms with E-state index in [1.165, 1.54) is 19.2 Å². The number of carbonyl (C=O) groups excluding carboxylic acids is 1. The first-order valence-corrected chi connectivity index (χ1v) is 8.11. The van der Waals surface area contributed by atoms with Gasteiger partial charge < -0.3 is 19.8 Å². The highest BCUT2D eigenvalue weighted by Gasteiger charge is 2.25. The van der Waals surface area contributed by atoms with Crippen molar-refractivity contribution in [2.24, 2.45) is 0 Å². The molecule has 0 radical (unpaired) electrons. The van der Waals surface area contributed by atoms with Crippen LogP contribution in [-0.4, -0.2) is 19.6 Å². The van der Waals surface area contributed by atoms with E-state index < -0.39 is 24.3 Å². The molecule has 0 bridgehead atoms. The summed E-state index contributed by atoms with van der Waals surface area (Å²) in [6.45, 7) is 0.0213. The van der Waals surface area contributed by atoms with E-state index in [2.05, 4.69) is 10.6 Å². The molecule has 5 nitrogen and oxygen atoms in total. The molecule has 2 N–H and O–H groups in total. The van der Waals surface area contributed by atoms with E-state index in [1.54, 1.807) is 12.1 Å². The molecule has 142 valence electrons. The van der Waals surface area contributed by atoms with Crippen LogP contribution in [0.4, 0.5) is 18.0 Å². The smallest absolute Gasteiger partial charge is 0.315 e. The van der Waals surface area contributed by atoms with Crippen LogP contribution in [0.3, 0.4) is 0 Å². The average molecular weight is 378 g/mol. The van der Waals surface area contributed by atoms with Crippen LogP contribution in [-0.2, 0) is 6.54 Å². The van der Waals surface area contributed by atoms with Crippen LogP contribution in [0.15, 0.2) is 52.9 Å². The van der Waals surface area contributed by atoms with Crippen molar-refractivity contribution < 1.29 is 27.1 Å². The Kier molecular flexibility index (Phi) is 5.54. The van der Waals surface area contributed by atoms with Gasteiger partial charge in [0.25, 0.3) is 6.43 Å². The molecule has 3 rings (SSSR count). The lowest BCUT2D eigenvalue weighted by atomic mass is 10.1. The molecular formula is C19H17F3N2O3. The van der Waals surface area contributed by atoms with Gasteiger partial charge in [0.15, 0.2) is 11.6 Å². The Hall–Kier alpha value is -3.16. The summed E-state index contributed by atoms with van der Waals surface area (Å²) in [5.74, 6) is -0.373. The van der Waals surface area contributed by atoms with Crippen molar-refractivity contribution in [3.8, 4) is 5.75 Å². The number of benzene rings is 2. The highest BCUT2D eigenvalue weighted by molar-refractivity contribution is 5.78. The third-order valence-electron chi connectivity index (χ3n) is 3.97.